The molecule has 0 rings (SSSR count). The first-order valence-electron chi connectivity index (χ1n) is 6.10. The molecule has 0 heterocycles. The lowest BCUT2D eigenvalue weighted by Crippen LogP contribution is -2.51. The van der Waals surface area contributed by atoms with E-state index in [4.69, 9.17) is 5.73 Å². The van der Waals surface area contributed by atoms with Crippen LogP contribution in [-0.2, 0) is 0 Å². The van der Waals surface area contributed by atoms with Crippen molar-refractivity contribution in [3.05, 3.63) is 0 Å². The molecule has 15 heavy (non-hydrogen) atoms. The Balaban J connectivity index is 4.10. The molecule has 0 saturated heterocycles. The van der Waals surface area contributed by atoms with E-state index >= 15 is 0 Å². The van der Waals surface area contributed by atoms with E-state index < -0.39 is 0 Å². The molecular formula is C12H29N3. The highest BCUT2D eigenvalue weighted by Crippen LogP contribution is 2.17. The van der Waals surface area contributed by atoms with Crippen LogP contribution in [0.1, 0.15) is 33.6 Å². The summed E-state index contributed by atoms with van der Waals surface area (Å²) in [6, 6.07) is 0. The van der Waals surface area contributed by atoms with Gasteiger partial charge in [0.05, 0.1) is 0 Å². The highest BCUT2D eigenvalue weighted by atomic mass is 15.2. The van der Waals surface area contributed by atoms with Crippen molar-refractivity contribution >= 4 is 0 Å². The minimum atomic E-state index is 0.182. The summed E-state index contributed by atoms with van der Waals surface area (Å²) in [7, 11) is 4.25. The fourth-order valence-corrected chi connectivity index (χ4v) is 1.88. The molecule has 0 amide bonds. The summed E-state index contributed by atoms with van der Waals surface area (Å²) in [5.74, 6) is 0. The molecule has 0 aliphatic heterocycles. The van der Waals surface area contributed by atoms with E-state index in [1.54, 1.807) is 0 Å². The van der Waals surface area contributed by atoms with Gasteiger partial charge in [0.1, 0.15) is 0 Å². The molecule has 0 aromatic heterocycles. The minimum Gasteiger partial charge on any atom is -0.329 e. The lowest BCUT2D eigenvalue weighted by molar-refractivity contribution is 0.108. The number of likely N-dealkylation sites (N-methyl/N-ethyl adjacent to an activating group) is 1. The Hall–Kier alpha value is -0.120. The zero-order valence-electron chi connectivity index (χ0n) is 11.2. The third-order valence-electron chi connectivity index (χ3n) is 3.38. The lowest BCUT2D eigenvalue weighted by Gasteiger charge is -2.39. The predicted molar refractivity (Wildman–Crippen MR) is 68.2 cm³/mol. The fourth-order valence-electron chi connectivity index (χ4n) is 1.88. The van der Waals surface area contributed by atoms with Gasteiger partial charge in [-0.25, -0.2) is 0 Å². The first-order chi connectivity index (χ1) is 7.00. The van der Waals surface area contributed by atoms with E-state index in [0.717, 1.165) is 32.6 Å². The smallest absolute Gasteiger partial charge is 0.0300 e. The normalized spacial score (nSPS) is 16.0. The standard InChI is InChI=1S/C12H29N3/c1-6-12(3,11-13)15(7-2)10-8-9-14(4)5/h6-11,13H2,1-5H3. The second-order valence-electron chi connectivity index (χ2n) is 4.79. The summed E-state index contributed by atoms with van der Waals surface area (Å²) in [5.41, 5.74) is 6.06. The molecule has 92 valence electrons. The van der Waals surface area contributed by atoms with Crippen LogP contribution in [0.25, 0.3) is 0 Å². The lowest BCUT2D eigenvalue weighted by atomic mass is 9.96. The average Bonchev–Trinajstić information content (AvgIpc) is 2.23. The monoisotopic (exact) mass is 215 g/mol. The topological polar surface area (TPSA) is 32.5 Å². The molecule has 2 N–H and O–H groups in total. The van der Waals surface area contributed by atoms with Gasteiger partial charge in [-0.1, -0.05) is 13.8 Å². The highest BCUT2D eigenvalue weighted by molar-refractivity contribution is 4.85. The molecule has 0 saturated carbocycles. The van der Waals surface area contributed by atoms with Crippen molar-refractivity contribution in [1.29, 1.82) is 0 Å². The van der Waals surface area contributed by atoms with E-state index in [1.165, 1.54) is 6.42 Å². The molecule has 3 heteroatoms. The molecule has 3 nitrogen and oxygen atoms in total. The van der Waals surface area contributed by atoms with Crippen LogP contribution in [0.2, 0.25) is 0 Å². The van der Waals surface area contributed by atoms with E-state index in [2.05, 4.69) is 44.7 Å². The number of nitrogens with two attached hydrogens (primary N) is 1. The van der Waals surface area contributed by atoms with E-state index in [9.17, 15) is 0 Å². The van der Waals surface area contributed by atoms with Crippen molar-refractivity contribution < 1.29 is 0 Å². The van der Waals surface area contributed by atoms with Crippen molar-refractivity contribution in [2.75, 3.05) is 40.3 Å². The van der Waals surface area contributed by atoms with E-state index in [-0.39, 0.29) is 5.54 Å². The van der Waals surface area contributed by atoms with Gasteiger partial charge in [0.25, 0.3) is 0 Å². The fraction of sp³-hybridized carbons (Fsp3) is 1.00. The van der Waals surface area contributed by atoms with Gasteiger partial charge >= 0.3 is 0 Å². The number of hydrogen-bond acceptors (Lipinski definition) is 3. The molecular weight excluding hydrogens is 186 g/mol. The Morgan fingerprint density at radius 2 is 1.73 bits per heavy atom. The average molecular weight is 215 g/mol. The minimum absolute atomic E-state index is 0.182. The zero-order valence-corrected chi connectivity index (χ0v) is 11.2. The van der Waals surface area contributed by atoms with Crippen molar-refractivity contribution in [3.63, 3.8) is 0 Å². The number of hydrogen-bond donors (Lipinski definition) is 1. The Kier molecular flexibility index (Phi) is 7.14. The van der Waals surface area contributed by atoms with Crippen LogP contribution >= 0.6 is 0 Å². The van der Waals surface area contributed by atoms with Crippen LogP contribution in [0.4, 0.5) is 0 Å². The van der Waals surface area contributed by atoms with Crippen LogP contribution in [0.5, 0.6) is 0 Å². The van der Waals surface area contributed by atoms with Crippen molar-refractivity contribution in [2.24, 2.45) is 5.73 Å². The van der Waals surface area contributed by atoms with Crippen molar-refractivity contribution in [1.82, 2.24) is 9.80 Å². The molecule has 1 unspecified atom stereocenters. The highest BCUT2D eigenvalue weighted by Gasteiger charge is 2.26. The Labute approximate surface area is 95.6 Å². The maximum absolute atomic E-state index is 5.87. The van der Waals surface area contributed by atoms with Gasteiger partial charge in [0.15, 0.2) is 0 Å². The zero-order chi connectivity index (χ0) is 11.9. The summed E-state index contributed by atoms with van der Waals surface area (Å²) in [6.07, 6.45) is 2.34. The van der Waals surface area contributed by atoms with Crippen LogP contribution in [0, 0.1) is 0 Å². The number of rotatable bonds is 8. The SMILES string of the molecule is CCN(CCCN(C)C)C(C)(CC)CN. The predicted octanol–water partition coefficient (Wildman–Crippen LogP) is 1.39. The Morgan fingerprint density at radius 1 is 1.13 bits per heavy atom. The summed E-state index contributed by atoms with van der Waals surface area (Å²) >= 11 is 0. The summed E-state index contributed by atoms with van der Waals surface area (Å²) < 4.78 is 0. The van der Waals surface area contributed by atoms with Crippen LogP contribution in [-0.4, -0.2) is 55.6 Å². The third-order valence-corrected chi connectivity index (χ3v) is 3.38. The molecule has 0 aliphatic carbocycles. The Morgan fingerprint density at radius 3 is 2.07 bits per heavy atom. The molecule has 0 fully saturated rings. The quantitative estimate of drug-likeness (QED) is 0.664. The van der Waals surface area contributed by atoms with E-state index in [1.807, 2.05) is 0 Å². The maximum atomic E-state index is 5.87. The molecule has 0 aliphatic rings. The number of nitrogens with zero attached hydrogens (tertiary/aromatic N) is 2. The van der Waals surface area contributed by atoms with Crippen molar-refractivity contribution in [3.8, 4) is 0 Å². The molecule has 0 bridgehead atoms. The van der Waals surface area contributed by atoms with Gasteiger partial charge < -0.3 is 10.6 Å². The summed E-state index contributed by atoms with van der Waals surface area (Å²) in [4.78, 5) is 4.75. The first kappa shape index (κ1) is 14.9. The molecule has 0 aromatic carbocycles. The van der Waals surface area contributed by atoms with Gasteiger partial charge in [-0.3, -0.25) is 4.90 Å². The molecule has 0 spiro atoms. The third kappa shape index (κ3) is 4.96. The molecule has 1 atom stereocenters. The van der Waals surface area contributed by atoms with Gasteiger partial charge in [-0.05, 0) is 53.5 Å². The van der Waals surface area contributed by atoms with Crippen LogP contribution < -0.4 is 5.73 Å². The van der Waals surface area contributed by atoms with Crippen LogP contribution in [0.15, 0.2) is 0 Å². The van der Waals surface area contributed by atoms with Gasteiger partial charge in [-0.2, -0.15) is 0 Å². The maximum Gasteiger partial charge on any atom is 0.0300 e. The van der Waals surface area contributed by atoms with Crippen LogP contribution in [0.3, 0.4) is 0 Å². The Bertz CT molecular complexity index is 153. The van der Waals surface area contributed by atoms with Gasteiger partial charge in [0.2, 0.25) is 0 Å². The van der Waals surface area contributed by atoms with E-state index in [0.29, 0.717) is 0 Å². The first-order valence-corrected chi connectivity index (χ1v) is 6.10. The second-order valence-corrected chi connectivity index (χ2v) is 4.79. The molecule has 0 aromatic rings. The van der Waals surface area contributed by atoms with Crippen molar-refractivity contribution in [2.45, 2.75) is 39.2 Å². The molecule has 0 radical (unpaired) electrons. The summed E-state index contributed by atoms with van der Waals surface area (Å²) in [6.45, 7) is 10.9. The second kappa shape index (κ2) is 7.20. The largest absolute Gasteiger partial charge is 0.329 e. The summed E-state index contributed by atoms with van der Waals surface area (Å²) in [5, 5.41) is 0. The van der Waals surface area contributed by atoms with Gasteiger partial charge in [-0.15, -0.1) is 0 Å². The van der Waals surface area contributed by atoms with Gasteiger partial charge in [0, 0.05) is 12.1 Å².